The predicted molar refractivity (Wildman–Crippen MR) is 115 cm³/mol. The fourth-order valence-electron chi connectivity index (χ4n) is 2.67. The highest BCUT2D eigenvalue weighted by Gasteiger charge is 2.32. The number of allylic oxidation sites excluding steroid dienone is 1. The Balaban J connectivity index is 3.03. The first kappa shape index (κ1) is 21.1. The number of hydrogen-bond acceptors (Lipinski definition) is 3. The van der Waals surface area contributed by atoms with E-state index in [0.29, 0.717) is 0 Å². The highest BCUT2D eigenvalue weighted by atomic mass is 127. The average molecular weight is 464 g/mol. The topological polar surface area (TPSA) is 22.1 Å². The number of aromatic nitrogens is 1. The van der Waals surface area contributed by atoms with Crippen molar-refractivity contribution >= 4 is 48.3 Å². The summed E-state index contributed by atoms with van der Waals surface area (Å²) in [6, 6.07) is 3.56. The quantitative estimate of drug-likeness (QED) is 0.291. The lowest BCUT2D eigenvalue weighted by atomic mass is 10.1. The van der Waals surface area contributed by atoms with Crippen LogP contribution in [-0.2, 0) is 4.43 Å². The van der Waals surface area contributed by atoms with Crippen molar-refractivity contribution in [2.75, 3.05) is 0 Å². The maximum atomic E-state index is 6.78. The van der Waals surface area contributed by atoms with Gasteiger partial charge in [-0.2, -0.15) is 0 Å². The van der Waals surface area contributed by atoms with E-state index in [4.69, 9.17) is 4.43 Å². The number of thiazole rings is 1. The van der Waals surface area contributed by atoms with Crippen molar-refractivity contribution in [3.63, 3.8) is 0 Å². The Morgan fingerprint density at radius 1 is 1.30 bits per heavy atom. The largest absolute Gasteiger partial charge is 0.410 e. The van der Waals surface area contributed by atoms with Crippen LogP contribution in [0.2, 0.25) is 18.1 Å². The highest BCUT2D eigenvalue weighted by Crippen LogP contribution is 2.28. The Morgan fingerprint density at radius 2 is 1.91 bits per heavy atom. The van der Waals surface area contributed by atoms with Gasteiger partial charge in [-0.3, -0.25) is 0 Å². The van der Waals surface area contributed by atoms with Crippen molar-refractivity contribution in [2.24, 2.45) is 0 Å². The summed E-state index contributed by atoms with van der Waals surface area (Å²) in [6.45, 7) is 13.3. The van der Waals surface area contributed by atoms with Gasteiger partial charge in [-0.1, -0.05) is 26.8 Å². The molecule has 130 valence electrons. The minimum Gasteiger partial charge on any atom is -0.410 e. The van der Waals surface area contributed by atoms with Crippen molar-refractivity contribution < 1.29 is 4.43 Å². The molecular formula is C18H30INOSSi. The van der Waals surface area contributed by atoms with Gasteiger partial charge < -0.3 is 4.43 Å². The molecule has 0 N–H and O–H groups in total. The first-order chi connectivity index (χ1) is 10.9. The van der Waals surface area contributed by atoms with Gasteiger partial charge in [0.1, 0.15) is 0 Å². The predicted octanol–water partition coefficient (Wildman–Crippen LogP) is 6.97. The smallest absolute Gasteiger partial charge is 0.192 e. The van der Waals surface area contributed by atoms with Gasteiger partial charge in [0.25, 0.3) is 0 Å². The number of hydrogen-bond donors (Lipinski definition) is 0. The molecule has 2 nitrogen and oxygen atoms in total. The van der Waals surface area contributed by atoms with Crippen molar-refractivity contribution in [1.29, 1.82) is 0 Å². The monoisotopic (exact) mass is 463 g/mol. The van der Waals surface area contributed by atoms with E-state index >= 15 is 0 Å². The first-order valence-corrected chi connectivity index (χ1v) is 12.9. The second-order valence-electron chi connectivity index (χ2n) is 6.06. The van der Waals surface area contributed by atoms with Gasteiger partial charge in [0.15, 0.2) is 8.32 Å². The molecule has 0 radical (unpaired) electrons. The Hall–Kier alpha value is 0.0169. The van der Waals surface area contributed by atoms with Gasteiger partial charge in [0, 0.05) is 5.38 Å². The lowest BCUT2D eigenvalue weighted by Gasteiger charge is -2.33. The summed E-state index contributed by atoms with van der Waals surface area (Å²) in [4.78, 5) is 4.57. The molecule has 1 rings (SSSR count). The second-order valence-corrected chi connectivity index (χ2v) is 13.5. The van der Waals surface area contributed by atoms with Gasteiger partial charge >= 0.3 is 0 Å². The van der Waals surface area contributed by atoms with Crippen molar-refractivity contribution in [3.05, 3.63) is 31.3 Å². The van der Waals surface area contributed by atoms with Gasteiger partial charge in [0.2, 0.25) is 0 Å². The number of halogens is 1. The molecule has 0 aromatic carbocycles. The number of aryl methyl sites for hydroxylation is 1. The molecular weight excluding hydrogens is 433 g/mol. The SMILES string of the molecule is CC[Si](CC)(CC)O[C@@H](CC=C(C)I)C(C)=Cc1csc(C)n1. The van der Waals surface area contributed by atoms with Crippen LogP contribution < -0.4 is 0 Å². The molecule has 0 fully saturated rings. The normalized spacial score (nSPS) is 15.1. The number of rotatable bonds is 9. The highest BCUT2D eigenvalue weighted by molar-refractivity contribution is 14.1. The standard InChI is InChI=1S/C18H30INOSSi/c1-7-23(8-2,9-3)21-18(11-10-15(5)19)14(4)12-17-13-22-16(6)20-17/h10,12-13,18H,7-9,11H2,1-6H3/t18-/m0/s1. The maximum Gasteiger partial charge on any atom is 0.192 e. The van der Waals surface area contributed by atoms with Crippen LogP contribution in [0.15, 0.2) is 20.6 Å². The Kier molecular flexibility index (Phi) is 9.26. The van der Waals surface area contributed by atoms with E-state index in [-0.39, 0.29) is 6.10 Å². The summed E-state index contributed by atoms with van der Waals surface area (Å²) < 4.78 is 8.10. The molecule has 0 aliphatic carbocycles. The summed E-state index contributed by atoms with van der Waals surface area (Å²) in [5.41, 5.74) is 2.35. The summed E-state index contributed by atoms with van der Waals surface area (Å²) >= 11 is 4.08. The van der Waals surface area contributed by atoms with E-state index in [0.717, 1.165) is 17.1 Å². The molecule has 0 saturated carbocycles. The lowest BCUT2D eigenvalue weighted by molar-refractivity contribution is 0.225. The van der Waals surface area contributed by atoms with E-state index in [1.807, 2.05) is 0 Å². The van der Waals surface area contributed by atoms with Crippen LogP contribution >= 0.6 is 33.9 Å². The maximum absolute atomic E-state index is 6.78. The minimum atomic E-state index is -1.62. The third-order valence-corrected chi connectivity index (χ3v) is 10.3. The molecule has 1 atom stereocenters. The molecule has 0 unspecified atom stereocenters. The molecule has 1 aromatic rings. The zero-order valence-electron chi connectivity index (χ0n) is 15.3. The number of nitrogens with zero attached hydrogens (tertiary/aromatic N) is 1. The fourth-order valence-corrected chi connectivity index (χ4v) is 6.38. The summed E-state index contributed by atoms with van der Waals surface area (Å²) in [6.07, 6.45) is 5.61. The van der Waals surface area contributed by atoms with E-state index in [1.165, 1.54) is 27.3 Å². The van der Waals surface area contributed by atoms with Crippen LogP contribution in [-0.4, -0.2) is 19.4 Å². The van der Waals surface area contributed by atoms with E-state index in [2.05, 4.69) is 86.6 Å². The van der Waals surface area contributed by atoms with Crippen LogP contribution in [0.1, 0.15) is 51.7 Å². The van der Waals surface area contributed by atoms with E-state index in [9.17, 15) is 0 Å². The Morgan fingerprint density at radius 3 is 2.35 bits per heavy atom. The third-order valence-electron chi connectivity index (χ3n) is 4.46. The van der Waals surface area contributed by atoms with Gasteiger partial charge in [-0.15, -0.1) is 11.3 Å². The second kappa shape index (κ2) is 10.1. The fraction of sp³-hybridized carbons (Fsp3) is 0.611. The van der Waals surface area contributed by atoms with Crippen molar-refractivity contribution in [3.8, 4) is 0 Å². The van der Waals surface area contributed by atoms with Crippen LogP contribution in [0, 0.1) is 6.92 Å². The molecule has 0 saturated heterocycles. The van der Waals surface area contributed by atoms with E-state index in [1.54, 1.807) is 11.3 Å². The summed E-state index contributed by atoms with van der Waals surface area (Å²) in [5, 5.41) is 3.24. The summed E-state index contributed by atoms with van der Waals surface area (Å²) in [7, 11) is -1.62. The molecule has 0 aliphatic rings. The minimum absolute atomic E-state index is 0.174. The zero-order chi connectivity index (χ0) is 17.5. The molecule has 0 spiro atoms. The van der Waals surface area contributed by atoms with Crippen molar-refractivity contribution in [2.45, 2.75) is 72.2 Å². The van der Waals surface area contributed by atoms with Crippen LogP contribution in [0.25, 0.3) is 6.08 Å². The van der Waals surface area contributed by atoms with Crippen LogP contribution in [0.3, 0.4) is 0 Å². The molecule has 23 heavy (non-hydrogen) atoms. The molecule has 0 aliphatic heterocycles. The molecule has 0 bridgehead atoms. The Bertz CT molecular complexity index is 537. The lowest BCUT2D eigenvalue weighted by Crippen LogP contribution is -2.40. The summed E-state index contributed by atoms with van der Waals surface area (Å²) in [5.74, 6) is 0. The molecule has 1 aromatic heterocycles. The average Bonchev–Trinajstić information content (AvgIpc) is 2.93. The van der Waals surface area contributed by atoms with Crippen LogP contribution in [0.4, 0.5) is 0 Å². The van der Waals surface area contributed by atoms with Gasteiger partial charge in [-0.25, -0.2) is 4.98 Å². The Labute approximate surface area is 160 Å². The molecule has 0 amide bonds. The third kappa shape index (κ3) is 6.80. The zero-order valence-corrected chi connectivity index (χ0v) is 19.3. The van der Waals surface area contributed by atoms with E-state index < -0.39 is 8.32 Å². The first-order valence-electron chi connectivity index (χ1n) is 8.46. The van der Waals surface area contributed by atoms with Gasteiger partial charge in [-0.05, 0) is 83.1 Å². The molecule has 5 heteroatoms. The molecule has 1 heterocycles. The van der Waals surface area contributed by atoms with Gasteiger partial charge in [0.05, 0.1) is 16.8 Å². The van der Waals surface area contributed by atoms with Crippen LogP contribution in [0.5, 0.6) is 0 Å². The van der Waals surface area contributed by atoms with Crippen molar-refractivity contribution in [1.82, 2.24) is 4.98 Å².